The Kier molecular flexibility index (Phi) is 3.33. The second kappa shape index (κ2) is 5.13. The van der Waals surface area contributed by atoms with Crippen molar-refractivity contribution in [3.05, 3.63) is 64.7 Å². The number of furan rings is 1. The van der Waals surface area contributed by atoms with Crippen LogP contribution in [0, 0.1) is 0 Å². The van der Waals surface area contributed by atoms with Crippen molar-refractivity contribution in [2.45, 2.75) is 6.04 Å². The van der Waals surface area contributed by atoms with Gasteiger partial charge in [0.15, 0.2) is 0 Å². The number of hydrazine groups is 1. The van der Waals surface area contributed by atoms with Crippen molar-refractivity contribution in [2.24, 2.45) is 5.84 Å². The second-order valence-electron chi connectivity index (χ2n) is 4.15. The van der Waals surface area contributed by atoms with Crippen LogP contribution in [0.15, 0.2) is 57.7 Å². The van der Waals surface area contributed by atoms with E-state index in [0.29, 0.717) is 0 Å². The van der Waals surface area contributed by atoms with Crippen molar-refractivity contribution in [1.29, 1.82) is 0 Å². The molecule has 4 nitrogen and oxygen atoms in total. The molecule has 0 saturated carbocycles. The Hall–Kier alpha value is -1.69. The lowest BCUT2D eigenvalue weighted by Gasteiger charge is -2.16. The van der Waals surface area contributed by atoms with Crippen molar-refractivity contribution >= 4 is 26.8 Å². The molecule has 1 atom stereocenters. The van der Waals surface area contributed by atoms with Gasteiger partial charge in [-0.3, -0.25) is 10.8 Å². The maximum absolute atomic E-state index is 5.70. The first kappa shape index (κ1) is 12.3. The highest BCUT2D eigenvalue weighted by Crippen LogP contribution is 2.32. The molecule has 0 radical (unpaired) electrons. The van der Waals surface area contributed by atoms with E-state index in [1.54, 1.807) is 12.5 Å². The minimum atomic E-state index is -0.225. The van der Waals surface area contributed by atoms with E-state index >= 15 is 0 Å². The largest absolute Gasteiger partial charge is 0.466 e. The number of nitrogens with one attached hydrogen (secondary N) is 1. The molecule has 0 bridgehead atoms. The van der Waals surface area contributed by atoms with Gasteiger partial charge in [-0.2, -0.15) is 0 Å². The summed E-state index contributed by atoms with van der Waals surface area (Å²) in [6.45, 7) is 0. The van der Waals surface area contributed by atoms with Gasteiger partial charge in [-0.1, -0.05) is 18.2 Å². The van der Waals surface area contributed by atoms with Gasteiger partial charge in [0.05, 0.1) is 16.3 Å². The first-order valence-corrected chi connectivity index (χ1v) is 6.63. The van der Waals surface area contributed by atoms with E-state index in [1.165, 1.54) is 0 Å². The normalized spacial score (nSPS) is 12.7. The Labute approximate surface area is 118 Å². The lowest BCUT2D eigenvalue weighted by Crippen LogP contribution is -2.29. The monoisotopic (exact) mass is 317 g/mol. The number of rotatable bonds is 3. The van der Waals surface area contributed by atoms with Crippen LogP contribution in [0.2, 0.25) is 0 Å². The molecule has 0 aliphatic carbocycles. The lowest BCUT2D eigenvalue weighted by molar-refractivity contribution is 0.451. The van der Waals surface area contributed by atoms with Gasteiger partial charge in [0.2, 0.25) is 0 Å². The molecule has 96 valence electrons. The summed E-state index contributed by atoms with van der Waals surface area (Å²) in [7, 11) is 0. The second-order valence-corrected chi connectivity index (χ2v) is 5.00. The molecule has 2 heterocycles. The fourth-order valence-electron chi connectivity index (χ4n) is 2.19. The number of hydrogen-bond acceptors (Lipinski definition) is 4. The quantitative estimate of drug-likeness (QED) is 0.575. The van der Waals surface area contributed by atoms with Crippen molar-refractivity contribution in [1.82, 2.24) is 10.4 Å². The third kappa shape index (κ3) is 2.16. The Balaban J connectivity index is 2.20. The third-order valence-corrected chi connectivity index (χ3v) is 3.72. The van der Waals surface area contributed by atoms with Crippen LogP contribution in [0.4, 0.5) is 0 Å². The minimum Gasteiger partial charge on any atom is -0.466 e. The number of nitrogens with zero attached hydrogens (tertiary/aromatic N) is 1. The van der Waals surface area contributed by atoms with Crippen LogP contribution >= 0.6 is 15.9 Å². The van der Waals surface area contributed by atoms with E-state index in [4.69, 9.17) is 10.3 Å². The van der Waals surface area contributed by atoms with Gasteiger partial charge in [-0.15, -0.1) is 0 Å². The summed E-state index contributed by atoms with van der Waals surface area (Å²) in [6.07, 6.45) is 3.41. The average molecular weight is 318 g/mol. The van der Waals surface area contributed by atoms with Gasteiger partial charge in [0, 0.05) is 11.6 Å². The van der Waals surface area contributed by atoms with Crippen molar-refractivity contribution < 1.29 is 4.42 Å². The van der Waals surface area contributed by atoms with E-state index in [1.807, 2.05) is 36.4 Å². The molecule has 5 heteroatoms. The Morgan fingerprint density at radius 1 is 1.21 bits per heavy atom. The molecule has 0 saturated heterocycles. The van der Waals surface area contributed by atoms with Crippen LogP contribution in [0.1, 0.15) is 17.4 Å². The van der Waals surface area contributed by atoms with Gasteiger partial charge < -0.3 is 4.42 Å². The Morgan fingerprint density at radius 3 is 2.79 bits per heavy atom. The molecule has 0 spiro atoms. The zero-order chi connectivity index (χ0) is 13.2. The number of aromatic nitrogens is 1. The summed E-state index contributed by atoms with van der Waals surface area (Å²) in [4.78, 5) is 4.35. The van der Waals surface area contributed by atoms with Crippen LogP contribution in [-0.4, -0.2) is 4.98 Å². The Morgan fingerprint density at radius 2 is 2.05 bits per heavy atom. The first-order valence-electron chi connectivity index (χ1n) is 5.84. The van der Waals surface area contributed by atoms with E-state index in [0.717, 1.165) is 26.7 Å². The predicted octanol–water partition coefficient (Wildman–Crippen LogP) is 3.14. The lowest BCUT2D eigenvalue weighted by atomic mass is 10.0. The molecule has 0 aliphatic rings. The van der Waals surface area contributed by atoms with Crippen LogP contribution < -0.4 is 11.3 Å². The van der Waals surface area contributed by atoms with Gasteiger partial charge in [0.25, 0.3) is 0 Å². The van der Waals surface area contributed by atoms with E-state index in [9.17, 15) is 0 Å². The van der Waals surface area contributed by atoms with Crippen LogP contribution in [0.3, 0.4) is 0 Å². The molecule has 3 aromatic rings. The van der Waals surface area contributed by atoms with Crippen molar-refractivity contribution in [3.8, 4) is 0 Å². The highest BCUT2D eigenvalue weighted by molar-refractivity contribution is 9.10. The summed E-state index contributed by atoms with van der Waals surface area (Å²) >= 11 is 3.46. The molecular weight excluding hydrogens is 306 g/mol. The number of fused-ring (bicyclic) bond motifs is 1. The summed E-state index contributed by atoms with van der Waals surface area (Å²) in [5, 5.41) is 1.05. The maximum atomic E-state index is 5.70. The molecule has 19 heavy (non-hydrogen) atoms. The Bertz CT molecular complexity index is 705. The number of halogens is 1. The molecule has 0 fully saturated rings. The number of pyridine rings is 1. The van der Waals surface area contributed by atoms with Gasteiger partial charge in [0.1, 0.15) is 11.8 Å². The topological polar surface area (TPSA) is 64.1 Å². The molecule has 3 rings (SSSR count). The predicted molar refractivity (Wildman–Crippen MR) is 77.3 cm³/mol. The highest BCUT2D eigenvalue weighted by Gasteiger charge is 2.20. The summed E-state index contributed by atoms with van der Waals surface area (Å²) < 4.78 is 6.40. The standard InChI is InChI=1S/C14H12BrN3O/c15-11-6-8-19-14(11)13(18-16)10-5-7-17-12-4-2-1-3-9(10)12/h1-8,13,18H,16H2. The molecule has 3 N–H and O–H groups in total. The van der Waals surface area contributed by atoms with E-state index < -0.39 is 0 Å². The van der Waals surface area contributed by atoms with Crippen LogP contribution in [0.5, 0.6) is 0 Å². The highest BCUT2D eigenvalue weighted by atomic mass is 79.9. The fourth-order valence-corrected chi connectivity index (χ4v) is 2.62. The van der Waals surface area contributed by atoms with E-state index in [-0.39, 0.29) is 6.04 Å². The van der Waals surface area contributed by atoms with Crippen LogP contribution in [-0.2, 0) is 0 Å². The molecule has 0 amide bonds. The third-order valence-electron chi connectivity index (χ3n) is 3.07. The number of benzene rings is 1. The van der Waals surface area contributed by atoms with Gasteiger partial charge >= 0.3 is 0 Å². The smallest absolute Gasteiger partial charge is 0.140 e. The summed E-state index contributed by atoms with van der Waals surface area (Å²) in [5.74, 6) is 6.45. The number of nitrogens with two attached hydrogens (primary N) is 1. The molecular formula is C14H12BrN3O. The minimum absolute atomic E-state index is 0.225. The van der Waals surface area contributed by atoms with Crippen LogP contribution in [0.25, 0.3) is 10.9 Å². The number of para-hydroxylation sites is 1. The van der Waals surface area contributed by atoms with Crippen molar-refractivity contribution in [3.63, 3.8) is 0 Å². The zero-order valence-corrected chi connectivity index (χ0v) is 11.6. The van der Waals surface area contributed by atoms with Gasteiger partial charge in [-0.25, -0.2) is 5.43 Å². The van der Waals surface area contributed by atoms with E-state index in [2.05, 4.69) is 26.3 Å². The molecule has 0 aliphatic heterocycles. The first-order chi connectivity index (χ1) is 9.31. The number of hydrogen-bond donors (Lipinski definition) is 2. The zero-order valence-electron chi connectivity index (χ0n) is 10.0. The average Bonchev–Trinajstić information content (AvgIpc) is 2.86. The molecule has 1 unspecified atom stereocenters. The maximum Gasteiger partial charge on any atom is 0.140 e. The summed E-state index contributed by atoms with van der Waals surface area (Å²) in [6, 6.07) is 11.5. The summed E-state index contributed by atoms with van der Waals surface area (Å²) in [5.41, 5.74) is 4.77. The fraction of sp³-hybridized carbons (Fsp3) is 0.0714. The molecule has 2 aromatic heterocycles. The van der Waals surface area contributed by atoms with Crippen molar-refractivity contribution in [2.75, 3.05) is 0 Å². The van der Waals surface area contributed by atoms with Gasteiger partial charge in [-0.05, 0) is 39.7 Å². The SMILES string of the molecule is NNC(c1occc1Br)c1ccnc2ccccc12. The molecule has 1 aromatic carbocycles.